The molecule has 1 rings (SSSR count). The molecule has 0 spiro atoms. The summed E-state index contributed by atoms with van der Waals surface area (Å²) in [6.07, 6.45) is 4.87. The number of nitrogens with one attached hydrogen (secondary N) is 1. The lowest BCUT2D eigenvalue weighted by molar-refractivity contribution is 0.260. The van der Waals surface area contributed by atoms with Crippen LogP contribution in [-0.2, 0) is 6.54 Å². The third kappa shape index (κ3) is 4.68. The van der Waals surface area contributed by atoms with E-state index in [2.05, 4.69) is 35.6 Å². The summed E-state index contributed by atoms with van der Waals surface area (Å²) in [5.74, 6) is 1.77. The van der Waals surface area contributed by atoms with Crippen LogP contribution in [0.1, 0.15) is 33.0 Å². The monoisotopic (exact) mass is 257 g/mol. The topological polar surface area (TPSA) is 29.9 Å². The molecule has 0 aliphatic carbocycles. The standard InChI is InChI=1S/C13H24ClN3/c1-11-15-7-9-17(11)10-8-16-12(5-6-14)13(2,3)4/h7,9,12,16H,5-6,8,10H2,1-4H3. The van der Waals surface area contributed by atoms with Gasteiger partial charge in [-0.1, -0.05) is 20.8 Å². The van der Waals surface area contributed by atoms with Crippen LogP contribution >= 0.6 is 11.6 Å². The van der Waals surface area contributed by atoms with Crippen LogP contribution in [0.3, 0.4) is 0 Å². The molecule has 1 heterocycles. The molecule has 0 aliphatic rings. The van der Waals surface area contributed by atoms with Crippen LogP contribution in [-0.4, -0.2) is 28.0 Å². The zero-order chi connectivity index (χ0) is 12.9. The number of aromatic nitrogens is 2. The summed E-state index contributed by atoms with van der Waals surface area (Å²) in [5, 5.41) is 3.59. The highest BCUT2D eigenvalue weighted by Crippen LogP contribution is 2.22. The van der Waals surface area contributed by atoms with Crippen LogP contribution < -0.4 is 5.32 Å². The van der Waals surface area contributed by atoms with E-state index in [1.54, 1.807) is 0 Å². The highest BCUT2D eigenvalue weighted by molar-refractivity contribution is 6.17. The fourth-order valence-corrected chi connectivity index (χ4v) is 2.17. The zero-order valence-corrected chi connectivity index (χ0v) is 12.1. The number of hydrogen-bond acceptors (Lipinski definition) is 2. The van der Waals surface area contributed by atoms with E-state index in [1.165, 1.54) is 0 Å². The minimum atomic E-state index is 0.249. The molecule has 4 heteroatoms. The predicted octanol–water partition coefficient (Wildman–Crippen LogP) is 2.82. The molecule has 0 aromatic carbocycles. The van der Waals surface area contributed by atoms with Gasteiger partial charge in [0.15, 0.2) is 0 Å². The van der Waals surface area contributed by atoms with E-state index in [0.29, 0.717) is 11.9 Å². The van der Waals surface area contributed by atoms with Gasteiger partial charge in [0, 0.05) is 37.4 Å². The van der Waals surface area contributed by atoms with Crippen molar-refractivity contribution in [2.45, 2.75) is 46.7 Å². The van der Waals surface area contributed by atoms with Crippen LogP contribution in [0, 0.1) is 12.3 Å². The van der Waals surface area contributed by atoms with E-state index in [4.69, 9.17) is 11.6 Å². The summed E-state index contributed by atoms with van der Waals surface area (Å²) >= 11 is 5.85. The summed E-state index contributed by atoms with van der Waals surface area (Å²) in [4.78, 5) is 4.21. The van der Waals surface area contributed by atoms with Crippen molar-refractivity contribution in [1.29, 1.82) is 0 Å². The summed E-state index contributed by atoms with van der Waals surface area (Å²) in [7, 11) is 0. The Morgan fingerprint density at radius 1 is 1.47 bits per heavy atom. The summed E-state index contributed by atoms with van der Waals surface area (Å²) in [6.45, 7) is 10.7. The molecule has 1 N–H and O–H groups in total. The Bertz CT molecular complexity index is 328. The fourth-order valence-electron chi connectivity index (χ4n) is 1.95. The molecule has 0 amide bonds. The summed E-state index contributed by atoms with van der Waals surface area (Å²) in [5.41, 5.74) is 0.249. The molecule has 0 radical (unpaired) electrons. The maximum absolute atomic E-state index is 5.85. The molecular weight excluding hydrogens is 234 g/mol. The van der Waals surface area contributed by atoms with E-state index >= 15 is 0 Å². The molecule has 0 fully saturated rings. The van der Waals surface area contributed by atoms with E-state index in [1.807, 2.05) is 19.3 Å². The lowest BCUT2D eigenvalue weighted by atomic mass is 9.85. The minimum absolute atomic E-state index is 0.249. The van der Waals surface area contributed by atoms with E-state index in [0.717, 1.165) is 25.3 Å². The van der Waals surface area contributed by atoms with Crippen molar-refractivity contribution in [2.75, 3.05) is 12.4 Å². The maximum atomic E-state index is 5.85. The van der Waals surface area contributed by atoms with Gasteiger partial charge in [-0.3, -0.25) is 0 Å². The summed E-state index contributed by atoms with van der Waals surface area (Å²) < 4.78 is 2.16. The fraction of sp³-hybridized carbons (Fsp3) is 0.769. The molecular formula is C13H24ClN3. The van der Waals surface area contributed by atoms with Crippen LogP contribution in [0.5, 0.6) is 0 Å². The molecule has 98 valence electrons. The van der Waals surface area contributed by atoms with Crippen LogP contribution in [0.15, 0.2) is 12.4 Å². The highest BCUT2D eigenvalue weighted by atomic mass is 35.5. The first-order valence-electron chi connectivity index (χ1n) is 6.22. The van der Waals surface area contributed by atoms with Gasteiger partial charge in [0.1, 0.15) is 5.82 Å². The van der Waals surface area contributed by atoms with E-state index < -0.39 is 0 Å². The molecule has 0 saturated heterocycles. The predicted molar refractivity (Wildman–Crippen MR) is 73.5 cm³/mol. The van der Waals surface area contributed by atoms with Gasteiger partial charge in [0.2, 0.25) is 0 Å². The molecule has 1 aromatic rings. The van der Waals surface area contributed by atoms with Crippen molar-refractivity contribution in [3.63, 3.8) is 0 Å². The maximum Gasteiger partial charge on any atom is 0.105 e. The average Bonchev–Trinajstić information content (AvgIpc) is 2.62. The number of imidazole rings is 1. The van der Waals surface area contributed by atoms with Gasteiger partial charge in [0.25, 0.3) is 0 Å². The lowest BCUT2D eigenvalue weighted by Gasteiger charge is -2.31. The molecule has 1 unspecified atom stereocenters. The molecule has 1 aromatic heterocycles. The van der Waals surface area contributed by atoms with Crippen molar-refractivity contribution >= 4 is 11.6 Å². The van der Waals surface area contributed by atoms with Gasteiger partial charge in [-0.05, 0) is 18.8 Å². The molecule has 0 aliphatic heterocycles. The Balaban J connectivity index is 2.40. The smallest absolute Gasteiger partial charge is 0.105 e. The van der Waals surface area contributed by atoms with Gasteiger partial charge in [-0.25, -0.2) is 4.98 Å². The number of aryl methyl sites for hydroxylation is 1. The second-order valence-electron chi connectivity index (χ2n) is 5.52. The van der Waals surface area contributed by atoms with Crippen molar-refractivity contribution in [2.24, 2.45) is 5.41 Å². The second kappa shape index (κ2) is 6.41. The first-order chi connectivity index (χ1) is 7.95. The third-order valence-electron chi connectivity index (χ3n) is 3.11. The Hall–Kier alpha value is -0.540. The summed E-state index contributed by atoms with van der Waals surface area (Å²) in [6, 6.07) is 0.462. The molecule has 1 atom stereocenters. The van der Waals surface area contributed by atoms with Gasteiger partial charge in [-0.2, -0.15) is 0 Å². The number of nitrogens with zero attached hydrogens (tertiary/aromatic N) is 2. The molecule has 0 saturated carbocycles. The van der Waals surface area contributed by atoms with Gasteiger partial charge in [-0.15, -0.1) is 11.6 Å². The van der Waals surface area contributed by atoms with Crippen molar-refractivity contribution < 1.29 is 0 Å². The first-order valence-corrected chi connectivity index (χ1v) is 6.75. The first kappa shape index (κ1) is 14.5. The normalized spacial score (nSPS) is 13.9. The Morgan fingerprint density at radius 3 is 2.65 bits per heavy atom. The molecule has 17 heavy (non-hydrogen) atoms. The lowest BCUT2D eigenvalue weighted by Crippen LogP contribution is -2.42. The Kier molecular flexibility index (Phi) is 5.47. The number of halogens is 1. The third-order valence-corrected chi connectivity index (χ3v) is 3.33. The number of hydrogen-bond donors (Lipinski definition) is 1. The van der Waals surface area contributed by atoms with Crippen LogP contribution in [0.4, 0.5) is 0 Å². The number of rotatable bonds is 6. The Labute approximate surface area is 110 Å². The van der Waals surface area contributed by atoms with E-state index in [9.17, 15) is 0 Å². The largest absolute Gasteiger partial charge is 0.334 e. The van der Waals surface area contributed by atoms with E-state index in [-0.39, 0.29) is 5.41 Å². The van der Waals surface area contributed by atoms with Gasteiger partial charge >= 0.3 is 0 Å². The number of alkyl halides is 1. The average molecular weight is 258 g/mol. The highest BCUT2D eigenvalue weighted by Gasteiger charge is 2.23. The van der Waals surface area contributed by atoms with Crippen molar-refractivity contribution in [3.8, 4) is 0 Å². The zero-order valence-electron chi connectivity index (χ0n) is 11.3. The van der Waals surface area contributed by atoms with Gasteiger partial charge < -0.3 is 9.88 Å². The quantitative estimate of drug-likeness (QED) is 0.795. The van der Waals surface area contributed by atoms with Crippen LogP contribution in [0.2, 0.25) is 0 Å². The van der Waals surface area contributed by atoms with Crippen molar-refractivity contribution in [3.05, 3.63) is 18.2 Å². The molecule has 3 nitrogen and oxygen atoms in total. The second-order valence-corrected chi connectivity index (χ2v) is 5.90. The van der Waals surface area contributed by atoms with Crippen molar-refractivity contribution in [1.82, 2.24) is 14.9 Å². The SMILES string of the molecule is Cc1nccn1CCNC(CCCl)C(C)(C)C. The van der Waals surface area contributed by atoms with Crippen LogP contribution in [0.25, 0.3) is 0 Å². The Morgan fingerprint density at radius 2 is 2.18 bits per heavy atom. The molecule has 0 bridgehead atoms. The van der Waals surface area contributed by atoms with Gasteiger partial charge in [0.05, 0.1) is 0 Å². The minimum Gasteiger partial charge on any atom is -0.334 e.